The predicted octanol–water partition coefficient (Wildman–Crippen LogP) is 2.74. The first-order valence-corrected chi connectivity index (χ1v) is 9.09. The Balaban J connectivity index is 1.64. The standard InChI is InChI=1S/C17H18ClF3N6O2/c1-8-12(13(14(22)28)26-25-8)24-16(29)9-2-4-27(5-3-9)15-11(18)6-10(7-23-15)17(19,20)21/h6-7,9H,2-5H2,1H3,(H2,22,28)(H,24,29)(H,25,26). The Hall–Kier alpha value is -2.82. The Morgan fingerprint density at radius 1 is 1.34 bits per heavy atom. The van der Waals surface area contributed by atoms with E-state index in [9.17, 15) is 22.8 Å². The van der Waals surface area contributed by atoms with Gasteiger partial charge in [-0.05, 0) is 25.8 Å². The van der Waals surface area contributed by atoms with E-state index in [4.69, 9.17) is 17.3 Å². The first-order chi connectivity index (χ1) is 13.6. The van der Waals surface area contributed by atoms with Gasteiger partial charge >= 0.3 is 6.18 Å². The monoisotopic (exact) mass is 430 g/mol. The van der Waals surface area contributed by atoms with E-state index in [1.807, 2.05) is 0 Å². The largest absolute Gasteiger partial charge is 0.417 e. The minimum absolute atomic E-state index is 0.0472. The van der Waals surface area contributed by atoms with E-state index in [0.717, 1.165) is 12.3 Å². The maximum Gasteiger partial charge on any atom is 0.417 e. The highest BCUT2D eigenvalue weighted by Crippen LogP contribution is 2.34. The Morgan fingerprint density at radius 2 is 2.00 bits per heavy atom. The van der Waals surface area contributed by atoms with Crippen molar-refractivity contribution < 1.29 is 22.8 Å². The van der Waals surface area contributed by atoms with Crippen LogP contribution in [0.1, 0.15) is 34.6 Å². The fraction of sp³-hybridized carbons (Fsp3) is 0.412. The number of aromatic amines is 1. The molecule has 2 amide bonds. The van der Waals surface area contributed by atoms with Crippen LogP contribution in [-0.2, 0) is 11.0 Å². The molecular weight excluding hydrogens is 413 g/mol. The molecule has 0 aromatic carbocycles. The molecule has 1 saturated heterocycles. The first-order valence-electron chi connectivity index (χ1n) is 8.71. The third kappa shape index (κ3) is 4.44. The number of halogens is 4. The molecule has 29 heavy (non-hydrogen) atoms. The molecule has 2 aromatic heterocycles. The molecule has 12 heteroatoms. The predicted molar refractivity (Wildman–Crippen MR) is 99.7 cm³/mol. The van der Waals surface area contributed by atoms with E-state index in [2.05, 4.69) is 20.5 Å². The van der Waals surface area contributed by atoms with Crippen molar-refractivity contribution in [2.75, 3.05) is 23.3 Å². The summed E-state index contributed by atoms with van der Waals surface area (Å²) >= 11 is 5.99. The molecule has 0 unspecified atom stereocenters. The van der Waals surface area contributed by atoms with Gasteiger partial charge in [0, 0.05) is 25.2 Å². The van der Waals surface area contributed by atoms with E-state index in [0.29, 0.717) is 31.6 Å². The van der Waals surface area contributed by atoms with Gasteiger partial charge in [0.15, 0.2) is 5.69 Å². The van der Waals surface area contributed by atoms with Crippen molar-refractivity contribution in [2.45, 2.75) is 25.9 Å². The van der Waals surface area contributed by atoms with Crippen LogP contribution < -0.4 is 16.0 Å². The number of primary amides is 1. The minimum atomic E-state index is -4.52. The highest BCUT2D eigenvalue weighted by Gasteiger charge is 2.33. The van der Waals surface area contributed by atoms with Crippen LogP contribution in [0.25, 0.3) is 0 Å². The molecule has 8 nitrogen and oxygen atoms in total. The molecule has 4 N–H and O–H groups in total. The number of rotatable bonds is 4. The number of hydrogen-bond acceptors (Lipinski definition) is 5. The van der Waals surface area contributed by atoms with Crippen LogP contribution in [0.5, 0.6) is 0 Å². The summed E-state index contributed by atoms with van der Waals surface area (Å²) in [6.07, 6.45) is -2.90. The zero-order valence-electron chi connectivity index (χ0n) is 15.3. The molecule has 3 heterocycles. The van der Waals surface area contributed by atoms with Gasteiger partial charge in [-0.25, -0.2) is 4.98 Å². The first kappa shape index (κ1) is 20.9. The maximum absolute atomic E-state index is 12.8. The number of aromatic nitrogens is 3. The van der Waals surface area contributed by atoms with Gasteiger partial charge in [-0.2, -0.15) is 18.3 Å². The Morgan fingerprint density at radius 3 is 2.55 bits per heavy atom. The Bertz CT molecular complexity index is 938. The maximum atomic E-state index is 12.8. The fourth-order valence-electron chi connectivity index (χ4n) is 3.16. The number of H-pyrrole nitrogens is 1. The molecular formula is C17H18ClF3N6O2. The number of nitrogens with one attached hydrogen (secondary N) is 2. The van der Waals surface area contributed by atoms with Gasteiger partial charge in [0.2, 0.25) is 5.91 Å². The number of nitrogens with zero attached hydrogens (tertiary/aromatic N) is 3. The molecule has 0 aliphatic carbocycles. The van der Waals surface area contributed by atoms with Crippen LogP contribution in [0.4, 0.5) is 24.7 Å². The molecule has 0 saturated carbocycles. The molecule has 0 atom stereocenters. The zero-order valence-corrected chi connectivity index (χ0v) is 16.1. The summed E-state index contributed by atoms with van der Waals surface area (Å²) in [6.45, 7) is 2.43. The van der Waals surface area contributed by atoms with Crippen molar-refractivity contribution in [1.29, 1.82) is 0 Å². The van der Waals surface area contributed by atoms with Gasteiger partial charge in [0.25, 0.3) is 5.91 Å². The van der Waals surface area contributed by atoms with Crippen molar-refractivity contribution in [3.05, 3.63) is 34.2 Å². The molecule has 1 aliphatic heterocycles. The van der Waals surface area contributed by atoms with Gasteiger partial charge in [-0.15, -0.1) is 0 Å². The topological polar surface area (TPSA) is 117 Å². The van der Waals surface area contributed by atoms with E-state index in [1.165, 1.54) is 0 Å². The molecule has 0 spiro atoms. The summed E-state index contributed by atoms with van der Waals surface area (Å²) < 4.78 is 38.3. The number of hydrogen-bond donors (Lipinski definition) is 3. The second-order valence-electron chi connectivity index (χ2n) is 6.71. The van der Waals surface area contributed by atoms with Crippen molar-refractivity contribution in [2.24, 2.45) is 11.7 Å². The van der Waals surface area contributed by atoms with Gasteiger partial charge in [0.05, 0.1) is 22.0 Å². The lowest BCUT2D eigenvalue weighted by Crippen LogP contribution is -2.39. The summed E-state index contributed by atoms with van der Waals surface area (Å²) in [4.78, 5) is 29.6. The van der Waals surface area contributed by atoms with Gasteiger partial charge in [0.1, 0.15) is 5.82 Å². The third-order valence-electron chi connectivity index (χ3n) is 4.74. The van der Waals surface area contributed by atoms with Crippen molar-refractivity contribution in [3.63, 3.8) is 0 Å². The SMILES string of the molecule is Cc1[nH]nc(C(N)=O)c1NC(=O)C1CCN(c2ncc(C(F)(F)F)cc2Cl)CC1. The minimum Gasteiger partial charge on any atom is -0.364 e. The van der Waals surface area contributed by atoms with Crippen LogP contribution >= 0.6 is 11.6 Å². The van der Waals surface area contributed by atoms with Crippen molar-refractivity contribution >= 4 is 34.9 Å². The smallest absolute Gasteiger partial charge is 0.364 e. The van der Waals surface area contributed by atoms with Gasteiger partial charge in [-0.1, -0.05) is 11.6 Å². The second kappa shape index (κ2) is 7.90. The molecule has 3 rings (SSSR count). The number of aryl methyl sites for hydroxylation is 1. The van der Waals surface area contributed by atoms with Crippen LogP contribution in [0, 0.1) is 12.8 Å². The zero-order chi connectivity index (χ0) is 21.3. The normalized spacial score (nSPS) is 15.4. The van der Waals surface area contributed by atoms with E-state index in [1.54, 1.807) is 11.8 Å². The van der Waals surface area contributed by atoms with Gasteiger partial charge in [-0.3, -0.25) is 14.7 Å². The number of nitrogens with two attached hydrogens (primary N) is 1. The Labute approximate surface area is 168 Å². The summed E-state index contributed by atoms with van der Waals surface area (Å²) in [5.74, 6) is -1.15. The number of anilines is 2. The lowest BCUT2D eigenvalue weighted by atomic mass is 9.95. The van der Waals surface area contributed by atoms with Crippen LogP contribution in [0.2, 0.25) is 5.02 Å². The number of piperidine rings is 1. The third-order valence-corrected chi connectivity index (χ3v) is 5.02. The number of alkyl halides is 3. The Kier molecular flexibility index (Phi) is 5.69. The van der Waals surface area contributed by atoms with Crippen molar-refractivity contribution in [1.82, 2.24) is 15.2 Å². The lowest BCUT2D eigenvalue weighted by molar-refractivity contribution is -0.137. The summed E-state index contributed by atoms with van der Waals surface area (Å²) in [5, 5.41) is 8.96. The van der Waals surface area contributed by atoms with E-state index in [-0.39, 0.29) is 34.0 Å². The lowest BCUT2D eigenvalue weighted by Gasteiger charge is -2.32. The highest BCUT2D eigenvalue weighted by molar-refractivity contribution is 6.33. The average Bonchev–Trinajstić information content (AvgIpc) is 3.02. The van der Waals surface area contributed by atoms with Crippen molar-refractivity contribution in [3.8, 4) is 0 Å². The summed E-state index contributed by atoms with van der Waals surface area (Å²) in [6, 6.07) is 0.843. The molecule has 1 fully saturated rings. The fourth-order valence-corrected chi connectivity index (χ4v) is 3.44. The summed E-state index contributed by atoms with van der Waals surface area (Å²) in [7, 11) is 0. The number of carbonyl (C=O) groups excluding carboxylic acids is 2. The average molecular weight is 431 g/mol. The van der Waals surface area contributed by atoms with Crippen LogP contribution in [-0.4, -0.2) is 40.1 Å². The molecule has 156 valence electrons. The molecule has 0 radical (unpaired) electrons. The molecule has 2 aromatic rings. The number of carbonyl (C=O) groups is 2. The highest BCUT2D eigenvalue weighted by atomic mass is 35.5. The number of amides is 2. The quantitative estimate of drug-likeness (QED) is 0.689. The van der Waals surface area contributed by atoms with E-state index < -0.39 is 17.6 Å². The number of pyridine rings is 1. The van der Waals surface area contributed by atoms with E-state index >= 15 is 0 Å². The molecule has 0 bridgehead atoms. The second-order valence-corrected chi connectivity index (χ2v) is 7.12. The summed E-state index contributed by atoms with van der Waals surface area (Å²) in [5.41, 5.74) is 5.04. The molecule has 1 aliphatic rings. The van der Waals surface area contributed by atoms with Crippen LogP contribution in [0.3, 0.4) is 0 Å². The van der Waals surface area contributed by atoms with Gasteiger partial charge < -0.3 is 16.0 Å². The van der Waals surface area contributed by atoms with Crippen LogP contribution in [0.15, 0.2) is 12.3 Å².